The van der Waals surface area contributed by atoms with Crippen molar-refractivity contribution in [1.29, 1.82) is 0 Å². The third-order valence-electron chi connectivity index (χ3n) is 3.91. The van der Waals surface area contributed by atoms with E-state index in [4.69, 9.17) is 4.74 Å². The quantitative estimate of drug-likeness (QED) is 0.313. The van der Waals surface area contributed by atoms with Crippen LogP contribution in [0.3, 0.4) is 0 Å². The normalized spacial score (nSPS) is 10.7. The molecule has 0 saturated carbocycles. The number of carbonyl (C=O) groups excluding carboxylic acids is 1. The summed E-state index contributed by atoms with van der Waals surface area (Å²) in [7, 11) is 1.50. The Kier molecular flexibility index (Phi) is 6.77. The highest BCUT2D eigenvalue weighted by atomic mass is 79.9. The summed E-state index contributed by atoms with van der Waals surface area (Å²) in [6, 6.07) is 7.19. The molecule has 1 aromatic heterocycles. The second-order valence-electron chi connectivity index (χ2n) is 5.69. The molecule has 0 atom stereocenters. The number of rotatable bonds is 5. The summed E-state index contributed by atoms with van der Waals surface area (Å²) in [4.78, 5) is 25.1. The maximum Gasteiger partial charge on any atom is 0.339 e. The lowest BCUT2D eigenvalue weighted by atomic mass is 10.1. The molecule has 0 unspecified atom stereocenters. The van der Waals surface area contributed by atoms with Gasteiger partial charge in [-0.15, -0.1) is 11.3 Å². The largest absolute Gasteiger partial charge is 0.494 e. The van der Waals surface area contributed by atoms with Gasteiger partial charge in [-0.3, -0.25) is 4.79 Å². The van der Waals surface area contributed by atoms with E-state index in [-0.39, 0.29) is 16.8 Å². The van der Waals surface area contributed by atoms with Gasteiger partial charge < -0.3 is 15.2 Å². The number of halogens is 4. The van der Waals surface area contributed by atoms with Gasteiger partial charge in [-0.2, -0.15) is 0 Å². The van der Waals surface area contributed by atoms with Crippen LogP contribution < -0.4 is 10.1 Å². The Labute approximate surface area is 194 Å². The van der Waals surface area contributed by atoms with E-state index in [1.807, 2.05) is 0 Å². The first-order valence-corrected chi connectivity index (χ1v) is 11.1. The number of thiophene rings is 1. The second-order valence-corrected chi connectivity index (χ2v) is 9.01. The number of ether oxygens (including phenoxy) is 1. The number of nitrogens with one attached hydrogen (secondary N) is 1. The average molecular weight is 608 g/mol. The zero-order valence-electron chi connectivity index (χ0n) is 14.6. The van der Waals surface area contributed by atoms with Gasteiger partial charge in [-0.1, -0.05) is 12.1 Å². The van der Waals surface area contributed by atoms with Gasteiger partial charge in [0.25, 0.3) is 5.91 Å². The summed E-state index contributed by atoms with van der Waals surface area (Å²) in [6.07, 6.45) is 0. The summed E-state index contributed by atoms with van der Waals surface area (Å²) >= 11 is 11.2. The predicted molar refractivity (Wildman–Crippen MR) is 121 cm³/mol. The second kappa shape index (κ2) is 8.95. The van der Waals surface area contributed by atoms with Crippen LogP contribution >= 0.6 is 59.1 Å². The van der Waals surface area contributed by atoms with Crippen molar-refractivity contribution < 1.29 is 23.8 Å². The Balaban J connectivity index is 2.01. The van der Waals surface area contributed by atoms with Crippen LogP contribution in [-0.4, -0.2) is 24.1 Å². The molecule has 0 aliphatic rings. The predicted octanol–water partition coefficient (Wildman–Crippen LogP) is 6.80. The minimum Gasteiger partial charge on any atom is -0.494 e. The minimum atomic E-state index is -1.23. The van der Waals surface area contributed by atoms with Crippen LogP contribution in [0.5, 0.6) is 5.75 Å². The third-order valence-corrected chi connectivity index (χ3v) is 7.64. The highest BCUT2D eigenvalue weighted by molar-refractivity contribution is 9.13. The van der Waals surface area contributed by atoms with Gasteiger partial charge in [0.15, 0.2) is 0 Å². The number of amides is 1. The molecular formula is C19H11Br3FNO4S. The molecule has 0 bridgehead atoms. The molecule has 0 fully saturated rings. The lowest BCUT2D eigenvalue weighted by molar-refractivity contribution is 0.0699. The Morgan fingerprint density at radius 3 is 2.52 bits per heavy atom. The number of carbonyl (C=O) groups is 2. The standard InChI is InChI=1S/C19H11Br3FNO4S/c1-28-16-11(20)6-10(14(21)15(16)22)18(25)24-12-7-29-17(13(12)19(26)27)8-3-2-4-9(23)5-8/h2-7H,1H3,(H,24,25)(H,26,27). The number of carboxylic acid groups (broad SMARTS) is 1. The van der Waals surface area contributed by atoms with E-state index in [9.17, 15) is 19.1 Å². The molecule has 150 valence electrons. The van der Waals surface area contributed by atoms with Crippen molar-refractivity contribution in [3.8, 4) is 16.2 Å². The fourth-order valence-corrected chi connectivity index (χ4v) is 5.53. The van der Waals surface area contributed by atoms with Crippen LogP contribution in [0.1, 0.15) is 20.7 Å². The van der Waals surface area contributed by atoms with Crippen LogP contribution in [0.15, 0.2) is 49.1 Å². The molecule has 2 N–H and O–H groups in total. The van der Waals surface area contributed by atoms with Crippen LogP contribution in [0.2, 0.25) is 0 Å². The Morgan fingerprint density at radius 1 is 1.17 bits per heavy atom. The summed E-state index contributed by atoms with van der Waals surface area (Å²) < 4.78 is 20.4. The maximum absolute atomic E-state index is 13.6. The topological polar surface area (TPSA) is 75.6 Å². The first kappa shape index (κ1) is 21.9. The molecule has 5 nitrogen and oxygen atoms in total. The number of hydrogen-bond donors (Lipinski definition) is 2. The molecule has 3 rings (SSSR count). The van der Waals surface area contributed by atoms with E-state index in [1.165, 1.54) is 30.7 Å². The molecule has 1 heterocycles. The van der Waals surface area contributed by atoms with Crippen LogP contribution in [0.4, 0.5) is 10.1 Å². The third kappa shape index (κ3) is 4.40. The molecule has 0 aliphatic carbocycles. The molecular weight excluding hydrogens is 597 g/mol. The van der Waals surface area contributed by atoms with Crippen molar-refractivity contribution in [2.45, 2.75) is 0 Å². The zero-order chi connectivity index (χ0) is 21.3. The Bertz CT molecular complexity index is 1130. The highest BCUT2D eigenvalue weighted by Crippen LogP contribution is 2.42. The van der Waals surface area contributed by atoms with E-state index < -0.39 is 17.7 Å². The zero-order valence-corrected chi connectivity index (χ0v) is 20.1. The van der Waals surface area contributed by atoms with E-state index in [2.05, 4.69) is 53.1 Å². The lowest BCUT2D eigenvalue weighted by Gasteiger charge is -2.13. The Morgan fingerprint density at radius 2 is 1.90 bits per heavy atom. The first-order valence-electron chi connectivity index (χ1n) is 7.88. The fourth-order valence-electron chi connectivity index (χ4n) is 2.62. The number of hydrogen-bond acceptors (Lipinski definition) is 4. The molecule has 0 aliphatic heterocycles. The molecule has 1 amide bonds. The van der Waals surface area contributed by atoms with Gasteiger partial charge in [0.2, 0.25) is 0 Å². The van der Waals surface area contributed by atoms with Gasteiger partial charge in [0.05, 0.1) is 32.2 Å². The lowest BCUT2D eigenvalue weighted by Crippen LogP contribution is -2.15. The van der Waals surface area contributed by atoms with Crippen LogP contribution in [0.25, 0.3) is 10.4 Å². The summed E-state index contributed by atoms with van der Waals surface area (Å²) in [5.74, 6) is -1.72. The number of aromatic carboxylic acids is 1. The molecule has 29 heavy (non-hydrogen) atoms. The van der Waals surface area contributed by atoms with E-state index >= 15 is 0 Å². The van der Waals surface area contributed by atoms with E-state index in [0.29, 0.717) is 29.6 Å². The highest BCUT2D eigenvalue weighted by Gasteiger charge is 2.24. The van der Waals surface area contributed by atoms with Crippen molar-refractivity contribution in [2.75, 3.05) is 12.4 Å². The minimum absolute atomic E-state index is 0.100. The molecule has 3 aromatic rings. The van der Waals surface area contributed by atoms with Gasteiger partial charge in [-0.05, 0) is 71.6 Å². The van der Waals surface area contributed by atoms with Crippen molar-refractivity contribution in [3.63, 3.8) is 0 Å². The number of carboxylic acids is 1. The summed E-state index contributed by atoms with van der Waals surface area (Å²) in [5.41, 5.74) is 0.710. The SMILES string of the molecule is COc1c(Br)cc(C(=O)Nc2csc(-c3cccc(F)c3)c2C(=O)O)c(Br)c1Br. The van der Waals surface area contributed by atoms with Crippen molar-refractivity contribution >= 4 is 76.7 Å². The fraction of sp³-hybridized carbons (Fsp3) is 0.0526. The van der Waals surface area contributed by atoms with Gasteiger partial charge in [0, 0.05) is 9.85 Å². The average Bonchev–Trinajstić information content (AvgIpc) is 3.09. The van der Waals surface area contributed by atoms with Gasteiger partial charge in [-0.25, -0.2) is 9.18 Å². The molecule has 0 radical (unpaired) electrons. The first-order chi connectivity index (χ1) is 13.7. The number of methoxy groups -OCH3 is 1. The van der Waals surface area contributed by atoms with Crippen LogP contribution in [0, 0.1) is 5.82 Å². The maximum atomic E-state index is 13.6. The molecule has 2 aromatic carbocycles. The van der Waals surface area contributed by atoms with Crippen molar-refractivity contribution in [1.82, 2.24) is 0 Å². The summed E-state index contributed by atoms with van der Waals surface area (Å²) in [6.45, 7) is 0. The molecule has 10 heteroatoms. The monoisotopic (exact) mass is 605 g/mol. The van der Waals surface area contributed by atoms with Gasteiger partial charge in [0.1, 0.15) is 17.1 Å². The van der Waals surface area contributed by atoms with E-state index in [0.717, 1.165) is 11.3 Å². The Hall–Kier alpha value is -1.75. The number of benzene rings is 2. The van der Waals surface area contributed by atoms with Crippen molar-refractivity contribution in [2.24, 2.45) is 0 Å². The van der Waals surface area contributed by atoms with Crippen LogP contribution in [-0.2, 0) is 0 Å². The number of anilines is 1. The molecule has 0 saturated heterocycles. The summed E-state index contributed by atoms with van der Waals surface area (Å²) in [5, 5.41) is 13.8. The van der Waals surface area contributed by atoms with Gasteiger partial charge >= 0.3 is 5.97 Å². The molecule has 0 spiro atoms. The van der Waals surface area contributed by atoms with Crippen molar-refractivity contribution in [3.05, 3.63) is 66.1 Å². The van der Waals surface area contributed by atoms with E-state index in [1.54, 1.807) is 12.1 Å². The smallest absolute Gasteiger partial charge is 0.339 e.